The molecule has 8 nitrogen and oxygen atoms in total. The Labute approximate surface area is 190 Å². The SMILES string of the molecule is N=Cc1cc(Nc2ncnc3sc4c(c23)CCC(NCC(=O)N2CC=CC2)C4)ccc1N. The number of aryl methyl sites for hydroxylation is 1. The number of amides is 1. The summed E-state index contributed by atoms with van der Waals surface area (Å²) < 4.78 is 0. The lowest BCUT2D eigenvalue weighted by molar-refractivity contribution is -0.129. The molecule has 1 amide bonds. The predicted molar refractivity (Wildman–Crippen MR) is 129 cm³/mol. The van der Waals surface area contributed by atoms with Crippen LogP contribution in [0.15, 0.2) is 36.7 Å². The van der Waals surface area contributed by atoms with Crippen LogP contribution in [0, 0.1) is 5.41 Å². The average Bonchev–Trinajstić information content (AvgIpc) is 3.47. The number of hydrogen-bond acceptors (Lipinski definition) is 8. The van der Waals surface area contributed by atoms with E-state index in [4.69, 9.17) is 11.1 Å². The fourth-order valence-corrected chi connectivity index (χ4v) is 5.59. The van der Waals surface area contributed by atoms with Crippen molar-refractivity contribution in [2.75, 3.05) is 30.7 Å². The molecule has 9 heteroatoms. The zero-order valence-electron chi connectivity index (χ0n) is 17.6. The molecule has 0 spiro atoms. The minimum absolute atomic E-state index is 0.155. The minimum Gasteiger partial charge on any atom is -0.398 e. The molecule has 5 rings (SSSR count). The summed E-state index contributed by atoms with van der Waals surface area (Å²) in [6.45, 7) is 1.82. The number of nitrogens with one attached hydrogen (secondary N) is 3. The first-order valence-corrected chi connectivity index (χ1v) is 11.5. The smallest absolute Gasteiger partial charge is 0.237 e. The van der Waals surface area contributed by atoms with Crippen molar-refractivity contribution >= 4 is 50.9 Å². The Morgan fingerprint density at radius 2 is 2.16 bits per heavy atom. The summed E-state index contributed by atoms with van der Waals surface area (Å²) >= 11 is 1.71. The number of hydrogen-bond donors (Lipinski definition) is 4. The average molecular weight is 448 g/mol. The van der Waals surface area contributed by atoms with Crippen molar-refractivity contribution in [2.45, 2.75) is 25.3 Å². The van der Waals surface area contributed by atoms with Crippen LogP contribution in [0.2, 0.25) is 0 Å². The summed E-state index contributed by atoms with van der Waals surface area (Å²) in [5.74, 6) is 0.929. The molecule has 1 atom stereocenters. The highest BCUT2D eigenvalue weighted by Crippen LogP contribution is 2.39. The Kier molecular flexibility index (Phi) is 5.59. The lowest BCUT2D eigenvalue weighted by Crippen LogP contribution is -2.42. The van der Waals surface area contributed by atoms with Gasteiger partial charge in [-0.25, -0.2) is 9.97 Å². The van der Waals surface area contributed by atoms with Gasteiger partial charge in [-0.2, -0.15) is 0 Å². The molecule has 0 fully saturated rings. The summed E-state index contributed by atoms with van der Waals surface area (Å²) in [6.07, 6.45) is 9.68. The highest BCUT2D eigenvalue weighted by atomic mass is 32.1. The van der Waals surface area contributed by atoms with E-state index in [-0.39, 0.29) is 11.9 Å². The zero-order chi connectivity index (χ0) is 22.1. The Bertz CT molecular complexity index is 1210. The molecule has 5 N–H and O–H groups in total. The number of carbonyl (C=O) groups is 1. The van der Waals surface area contributed by atoms with Gasteiger partial charge in [0.15, 0.2) is 0 Å². The first-order chi connectivity index (χ1) is 15.6. The van der Waals surface area contributed by atoms with Crippen LogP contribution in [-0.2, 0) is 17.6 Å². The maximum atomic E-state index is 12.3. The molecule has 1 aliphatic carbocycles. The number of benzene rings is 1. The van der Waals surface area contributed by atoms with Crippen molar-refractivity contribution in [2.24, 2.45) is 0 Å². The van der Waals surface area contributed by atoms with Gasteiger partial charge >= 0.3 is 0 Å². The third-order valence-corrected chi connectivity index (χ3v) is 7.23. The number of thiophene rings is 1. The first-order valence-electron chi connectivity index (χ1n) is 10.7. The molecule has 1 aliphatic heterocycles. The highest BCUT2D eigenvalue weighted by molar-refractivity contribution is 7.19. The number of nitrogens with zero attached hydrogens (tertiary/aromatic N) is 3. The molecular weight excluding hydrogens is 422 g/mol. The van der Waals surface area contributed by atoms with Gasteiger partial charge in [0.1, 0.15) is 17.0 Å². The largest absolute Gasteiger partial charge is 0.398 e. The Balaban J connectivity index is 1.33. The van der Waals surface area contributed by atoms with E-state index in [1.807, 2.05) is 29.2 Å². The molecule has 3 aromatic rings. The van der Waals surface area contributed by atoms with Gasteiger partial charge in [0, 0.05) is 47.2 Å². The molecule has 2 aromatic heterocycles. The second-order valence-corrected chi connectivity index (χ2v) is 9.19. The van der Waals surface area contributed by atoms with Gasteiger partial charge in [-0.3, -0.25) is 4.79 Å². The van der Waals surface area contributed by atoms with Crippen molar-refractivity contribution in [1.82, 2.24) is 20.2 Å². The maximum absolute atomic E-state index is 12.3. The fraction of sp³-hybridized carbons (Fsp3) is 0.304. The van der Waals surface area contributed by atoms with Crippen LogP contribution < -0.4 is 16.4 Å². The Hall–Kier alpha value is -3.30. The lowest BCUT2D eigenvalue weighted by atomic mass is 9.93. The van der Waals surface area contributed by atoms with Crippen LogP contribution in [0.3, 0.4) is 0 Å². The molecule has 0 saturated heterocycles. The summed E-state index contributed by atoms with van der Waals surface area (Å²) in [5, 5.41) is 15.4. The monoisotopic (exact) mass is 447 g/mol. The standard InChI is InChI=1S/C23H25N7OS/c24-11-14-9-16(4-6-18(14)25)29-22-21-17-5-3-15(10-19(17)32-23(21)28-13-27-22)26-12-20(31)30-7-1-2-8-30/h1-2,4,6,9,11,13,15,24,26H,3,5,7-8,10,12,25H2,(H,27,28,29). The summed E-state index contributed by atoms with van der Waals surface area (Å²) in [4.78, 5) is 25.5. The topological polar surface area (TPSA) is 120 Å². The van der Waals surface area contributed by atoms with E-state index >= 15 is 0 Å². The predicted octanol–water partition coefficient (Wildman–Crippen LogP) is 2.86. The fourth-order valence-electron chi connectivity index (χ4n) is 4.32. The van der Waals surface area contributed by atoms with Gasteiger partial charge in [0.05, 0.1) is 11.9 Å². The third kappa shape index (κ3) is 3.96. The van der Waals surface area contributed by atoms with Gasteiger partial charge in [-0.15, -0.1) is 11.3 Å². The maximum Gasteiger partial charge on any atom is 0.237 e. The molecule has 0 saturated carbocycles. The molecule has 3 heterocycles. The van der Waals surface area contributed by atoms with Crippen LogP contribution in [0.4, 0.5) is 17.2 Å². The number of fused-ring (bicyclic) bond motifs is 3. The van der Waals surface area contributed by atoms with Gasteiger partial charge < -0.3 is 26.7 Å². The molecule has 32 heavy (non-hydrogen) atoms. The third-order valence-electron chi connectivity index (χ3n) is 6.06. The van der Waals surface area contributed by atoms with E-state index in [9.17, 15) is 4.79 Å². The van der Waals surface area contributed by atoms with Crippen molar-refractivity contribution in [3.63, 3.8) is 0 Å². The number of aromatic nitrogens is 2. The van der Waals surface area contributed by atoms with Crippen LogP contribution in [0.25, 0.3) is 10.2 Å². The van der Waals surface area contributed by atoms with Crippen molar-refractivity contribution in [3.8, 4) is 0 Å². The zero-order valence-corrected chi connectivity index (χ0v) is 18.4. The second kappa shape index (κ2) is 8.68. The van der Waals surface area contributed by atoms with E-state index in [1.165, 1.54) is 16.7 Å². The molecule has 0 bridgehead atoms. The van der Waals surface area contributed by atoms with Gasteiger partial charge in [-0.05, 0) is 43.0 Å². The number of nitrogen functional groups attached to an aromatic ring is 1. The van der Waals surface area contributed by atoms with E-state index in [0.29, 0.717) is 17.8 Å². The lowest BCUT2D eigenvalue weighted by Gasteiger charge is -2.24. The van der Waals surface area contributed by atoms with E-state index in [2.05, 4.69) is 20.6 Å². The summed E-state index contributed by atoms with van der Waals surface area (Å²) in [5.41, 5.74) is 9.29. The van der Waals surface area contributed by atoms with E-state index in [1.54, 1.807) is 23.7 Å². The van der Waals surface area contributed by atoms with E-state index < -0.39 is 0 Å². The normalized spacial score (nSPS) is 17.5. The van der Waals surface area contributed by atoms with Crippen LogP contribution in [0.1, 0.15) is 22.4 Å². The number of anilines is 3. The Morgan fingerprint density at radius 1 is 1.31 bits per heavy atom. The Morgan fingerprint density at radius 3 is 2.97 bits per heavy atom. The molecule has 2 aliphatic rings. The second-order valence-electron chi connectivity index (χ2n) is 8.11. The number of carbonyl (C=O) groups excluding carboxylic acids is 1. The number of rotatable bonds is 6. The van der Waals surface area contributed by atoms with Crippen LogP contribution in [0.5, 0.6) is 0 Å². The van der Waals surface area contributed by atoms with Gasteiger partial charge in [-0.1, -0.05) is 12.2 Å². The van der Waals surface area contributed by atoms with Gasteiger partial charge in [0.25, 0.3) is 0 Å². The molecular formula is C23H25N7OS. The van der Waals surface area contributed by atoms with E-state index in [0.717, 1.165) is 54.1 Å². The van der Waals surface area contributed by atoms with Crippen LogP contribution >= 0.6 is 11.3 Å². The van der Waals surface area contributed by atoms with Crippen molar-refractivity contribution in [1.29, 1.82) is 5.41 Å². The quantitative estimate of drug-likeness (QED) is 0.262. The van der Waals surface area contributed by atoms with Crippen molar-refractivity contribution < 1.29 is 4.79 Å². The number of nitrogens with two attached hydrogens (primary N) is 1. The molecule has 164 valence electrons. The first kappa shape index (κ1) is 20.6. The minimum atomic E-state index is 0.155. The molecule has 1 unspecified atom stereocenters. The highest BCUT2D eigenvalue weighted by Gasteiger charge is 2.26. The molecule has 0 radical (unpaired) electrons. The van der Waals surface area contributed by atoms with Crippen LogP contribution in [-0.4, -0.2) is 52.7 Å². The summed E-state index contributed by atoms with van der Waals surface area (Å²) in [7, 11) is 0. The van der Waals surface area contributed by atoms with Gasteiger partial charge in [0.2, 0.25) is 5.91 Å². The molecule has 1 aromatic carbocycles. The van der Waals surface area contributed by atoms with Crippen molar-refractivity contribution in [3.05, 3.63) is 52.7 Å². The summed E-state index contributed by atoms with van der Waals surface area (Å²) in [6, 6.07) is 5.82.